The molecule has 0 unspecified atom stereocenters. The average Bonchev–Trinajstić information content (AvgIpc) is 2.92. The Labute approximate surface area is 149 Å². The van der Waals surface area contributed by atoms with Crippen LogP contribution in [0.2, 0.25) is 0 Å². The van der Waals surface area contributed by atoms with Gasteiger partial charge in [0.15, 0.2) is 6.23 Å². The zero-order valence-electron chi connectivity index (χ0n) is 13.9. The Hall–Kier alpha value is -0.910. The monoisotopic (exact) mass is 395 g/mol. The number of nitrogens with two attached hydrogens (primary N) is 1. The van der Waals surface area contributed by atoms with E-state index in [0.29, 0.717) is 25.2 Å². The Morgan fingerprint density at radius 2 is 2.24 bits per heavy atom. The maximum Gasteiger partial charge on any atom is 0.351 e. The minimum atomic E-state index is -3.78. The van der Waals surface area contributed by atoms with E-state index < -0.39 is 30.8 Å². The highest BCUT2D eigenvalue weighted by Crippen LogP contribution is 2.39. The van der Waals surface area contributed by atoms with Gasteiger partial charge in [0, 0.05) is 25.3 Å². The third-order valence-corrected chi connectivity index (χ3v) is 4.44. The first-order valence-corrected chi connectivity index (χ1v) is 10.1. The van der Waals surface area contributed by atoms with E-state index in [1.165, 1.54) is 4.57 Å². The van der Waals surface area contributed by atoms with E-state index >= 15 is 0 Å². The fourth-order valence-electron chi connectivity index (χ4n) is 2.44. The summed E-state index contributed by atoms with van der Waals surface area (Å²) in [6.45, 7) is -1.49. The molecule has 4 N–H and O–H groups in total. The van der Waals surface area contributed by atoms with Gasteiger partial charge in [-0.25, -0.2) is 4.79 Å². The molecule has 2 rings (SSSR count). The maximum absolute atomic E-state index is 12.2. The second kappa shape index (κ2) is 8.65. The lowest BCUT2D eigenvalue weighted by atomic mass is 10.2. The van der Waals surface area contributed by atoms with Crippen LogP contribution in [0, 0.1) is 6.92 Å². The van der Waals surface area contributed by atoms with E-state index in [1.54, 1.807) is 20.2 Å². The number of hydrogen-bond donors (Lipinski definition) is 3. The molecule has 1 saturated heterocycles. The van der Waals surface area contributed by atoms with Gasteiger partial charge in [0.1, 0.15) is 11.9 Å². The number of aryl methyl sites for hydroxylation is 1. The normalized spacial score (nSPS) is 23.9. The molecule has 2 heterocycles. The van der Waals surface area contributed by atoms with Crippen LogP contribution in [-0.2, 0) is 30.5 Å². The highest BCUT2D eigenvalue weighted by Gasteiger charge is 2.38. The zero-order valence-corrected chi connectivity index (χ0v) is 15.6. The van der Waals surface area contributed by atoms with Gasteiger partial charge in [-0.15, -0.1) is 0 Å². The van der Waals surface area contributed by atoms with Crippen LogP contribution in [0.15, 0.2) is 11.0 Å². The summed E-state index contributed by atoms with van der Waals surface area (Å²) < 4.78 is 22.6. The largest absolute Gasteiger partial charge is 0.383 e. The molecule has 3 atom stereocenters. The van der Waals surface area contributed by atoms with Crippen molar-refractivity contribution in [2.45, 2.75) is 31.8 Å². The summed E-state index contributed by atoms with van der Waals surface area (Å²) in [5.41, 5.74) is 5.71. The third-order valence-electron chi connectivity index (χ3n) is 3.64. The Bertz CT molecular complexity index is 695. The van der Waals surface area contributed by atoms with Crippen LogP contribution in [-0.4, -0.2) is 58.5 Å². The van der Waals surface area contributed by atoms with Gasteiger partial charge in [0.2, 0.25) is 0 Å². The van der Waals surface area contributed by atoms with E-state index in [1.807, 2.05) is 0 Å². The number of hydrogen-bond acceptors (Lipinski definition) is 8. The summed E-state index contributed by atoms with van der Waals surface area (Å²) in [4.78, 5) is 34.3. The average molecular weight is 395 g/mol. The van der Waals surface area contributed by atoms with Crippen molar-refractivity contribution < 1.29 is 28.5 Å². The van der Waals surface area contributed by atoms with Crippen molar-refractivity contribution >= 4 is 24.3 Å². The number of methoxy groups -OCH3 is 1. The van der Waals surface area contributed by atoms with E-state index in [2.05, 4.69) is 16.8 Å². The van der Waals surface area contributed by atoms with E-state index in [4.69, 9.17) is 24.5 Å². The van der Waals surface area contributed by atoms with Gasteiger partial charge in [-0.1, -0.05) is 0 Å². The van der Waals surface area contributed by atoms with Gasteiger partial charge in [-0.2, -0.15) is 4.98 Å². The molecule has 0 spiro atoms. The second-order valence-corrected chi connectivity index (χ2v) is 8.24. The number of rotatable bonds is 8. The van der Waals surface area contributed by atoms with Crippen LogP contribution in [0.1, 0.15) is 18.2 Å². The van der Waals surface area contributed by atoms with Gasteiger partial charge in [-0.3, -0.25) is 4.57 Å². The van der Waals surface area contributed by atoms with Gasteiger partial charge >= 0.3 is 12.4 Å². The fraction of sp³-hybridized carbons (Fsp3) is 0.692. The summed E-state index contributed by atoms with van der Waals surface area (Å²) in [6.07, 6.45) is 0.179. The summed E-state index contributed by atoms with van der Waals surface area (Å²) in [5, 5.41) is 0. The molecule has 0 aliphatic carbocycles. The molecule has 0 aromatic carbocycles. The van der Waals surface area contributed by atoms with Crippen molar-refractivity contribution in [2.24, 2.45) is 0 Å². The lowest BCUT2D eigenvalue weighted by Gasteiger charge is -2.21. The Balaban J connectivity index is 2.18. The highest BCUT2D eigenvalue weighted by atomic mass is 32.5. The minimum absolute atomic E-state index is 0.124. The predicted molar refractivity (Wildman–Crippen MR) is 92.5 cm³/mol. The predicted octanol–water partition coefficient (Wildman–Crippen LogP) is -0.321. The van der Waals surface area contributed by atoms with Crippen LogP contribution in [0.5, 0.6) is 0 Å². The fourth-order valence-corrected chi connectivity index (χ4v) is 2.99. The molecule has 0 bridgehead atoms. The smallest absolute Gasteiger partial charge is 0.351 e. The Morgan fingerprint density at radius 3 is 2.88 bits per heavy atom. The standard InChI is InChI=1S/C13H22N3O7PS/c1-8-6-16(13(17)15-11(8)14)12-10(21-4-3-20-2)5-9(23-12)7-22-24(18,19)25/h6,9-10,12H,3-5,7H2,1-2H3,(H2,14,15,17)(H2,18,19,25)/t9-,10-,12+/m0/s1. The second-order valence-electron chi connectivity index (χ2n) is 5.57. The summed E-state index contributed by atoms with van der Waals surface area (Å²) in [5.74, 6) is 0.150. The molecule has 142 valence electrons. The van der Waals surface area contributed by atoms with Crippen LogP contribution >= 0.6 is 6.72 Å². The molecule has 0 radical (unpaired) electrons. The SMILES string of the molecule is COCCO[C@H]1C[C@@H](COP(O)(O)=S)O[C@H]1n1cc(C)c(N)nc1=O. The lowest BCUT2D eigenvalue weighted by molar-refractivity contribution is -0.0776. The highest BCUT2D eigenvalue weighted by molar-refractivity contribution is 8.06. The molecule has 10 nitrogen and oxygen atoms in total. The number of anilines is 1. The van der Waals surface area contributed by atoms with Gasteiger partial charge in [-0.05, 0) is 18.7 Å². The molecule has 12 heteroatoms. The number of aromatic nitrogens is 2. The van der Waals surface area contributed by atoms with Crippen molar-refractivity contribution in [3.05, 3.63) is 22.2 Å². The van der Waals surface area contributed by atoms with Gasteiger partial charge in [0.05, 0.1) is 25.9 Å². The molecular weight excluding hydrogens is 373 g/mol. The van der Waals surface area contributed by atoms with Crippen molar-refractivity contribution in [1.82, 2.24) is 9.55 Å². The molecule has 1 aromatic rings. The molecule has 1 fully saturated rings. The van der Waals surface area contributed by atoms with E-state index in [9.17, 15) is 14.6 Å². The summed E-state index contributed by atoms with van der Waals surface area (Å²) in [7, 11) is 1.55. The first-order valence-electron chi connectivity index (χ1n) is 7.52. The third kappa shape index (κ3) is 5.80. The molecule has 1 aliphatic heterocycles. The van der Waals surface area contributed by atoms with Crippen molar-refractivity contribution in [1.29, 1.82) is 0 Å². The summed E-state index contributed by atoms with van der Waals surface area (Å²) in [6, 6.07) is 0. The van der Waals surface area contributed by atoms with Gasteiger partial charge in [0.25, 0.3) is 0 Å². The maximum atomic E-state index is 12.2. The quantitative estimate of drug-likeness (QED) is 0.396. The zero-order chi connectivity index (χ0) is 18.6. The number of nitrogens with zero attached hydrogens (tertiary/aromatic N) is 2. The molecular formula is C13H22N3O7PS. The van der Waals surface area contributed by atoms with Crippen LogP contribution < -0.4 is 11.4 Å². The summed E-state index contributed by atoms with van der Waals surface area (Å²) >= 11 is 4.43. The van der Waals surface area contributed by atoms with Crippen LogP contribution in [0.3, 0.4) is 0 Å². The molecule has 1 aromatic heterocycles. The number of nitrogen functional groups attached to an aromatic ring is 1. The topological polar surface area (TPSA) is 138 Å². The lowest BCUT2D eigenvalue weighted by Crippen LogP contribution is -2.34. The van der Waals surface area contributed by atoms with Gasteiger partial charge < -0.3 is 34.3 Å². The molecule has 25 heavy (non-hydrogen) atoms. The minimum Gasteiger partial charge on any atom is -0.383 e. The first-order chi connectivity index (χ1) is 11.7. The van der Waals surface area contributed by atoms with Crippen LogP contribution in [0.25, 0.3) is 0 Å². The first kappa shape index (κ1) is 20.4. The molecule has 0 amide bonds. The Morgan fingerprint density at radius 1 is 1.52 bits per heavy atom. The Kier molecular flexibility index (Phi) is 7.06. The van der Waals surface area contributed by atoms with Crippen LogP contribution in [0.4, 0.5) is 5.82 Å². The van der Waals surface area contributed by atoms with Crippen molar-refractivity contribution in [3.63, 3.8) is 0 Å². The number of ether oxygens (including phenoxy) is 3. The van der Waals surface area contributed by atoms with E-state index in [0.717, 1.165) is 0 Å². The molecule has 1 aliphatic rings. The molecule has 0 saturated carbocycles. The van der Waals surface area contributed by atoms with Crippen molar-refractivity contribution in [2.75, 3.05) is 32.7 Å². The van der Waals surface area contributed by atoms with E-state index in [-0.39, 0.29) is 12.4 Å². The van der Waals surface area contributed by atoms with Crippen molar-refractivity contribution in [3.8, 4) is 0 Å².